The summed E-state index contributed by atoms with van der Waals surface area (Å²) in [6.07, 6.45) is 12.7. The molecular formula is C45H47IrN2O2S-. The first-order chi connectivity index (χ1) is 24.2. The third-order valence-electron chi connectivity index (χ3n) is 11.2. The van der Waals surface area contributed by atoms with Gasteiger partial charge in [-0.05, 0) is 78.3 Å². The topological polar surface area (TPSA) is 63.1 Å². The Hall–Kier alpha value is -3.96. The molecule has 1 aliphatic rings. The van der Waals surface area contributed by atoms with Crippen LogP contribution >= 0.6 is 11.3 Å². The average molecular weight is 872 g/mol. The van der Waals surface area contributed by atoms with E-state index in [4.69, 9.17) is 4.98 Å². The van der Waals surface area contributed by atoms with Crippen LogP contribution in [-0.4, -0.2) is 20.9 Å². The molecule has 0 aliphatic heterocycles. The summed E-state index contributed by atoms with van der Waals surface area (Å²) in [5, 5.41) is 13.7. The molecule has 1 radical (unpaired) electrons. The minimum Gasteiger partial charge on any atom is -0.512 e. The Labute approximate surface area is 320 Å². The fourth-order valence-corrected chi connectivity index (χ4v) is 7.99. The minimum atomic E-state index is -0.337. The number of aliphatic hydroxyl groups excluding tert-OH is 1. The number of thiophene rings is 1. The van der Waals surface area contributed by atoms with E-state index in [1.165, 1.54) is 54.2 Å². The molecule has 51 heavy (non-hydrogen) atoms. The second-order valence-corrected chi connectivity index (χ2v) is 15.0. The van der Waals surface area contributed by atoms with Crippen LogP contribution in [0.2, 0.25) is 0 Å². The number of carbonyl (C=O) groups is 1. The van der Waals surface area contributed by atoms with Gasteiger partial charge in [0.15, 0.2) is 5.78 Å². The van der Waals surface area contributed by atoms with Crippen LogP contribution in [0, 0.1) is 16.9 Å². The third-order valence-corrected chi connectivity index (χ3v) is 12.4. The molecule has 0 spiro atoms. The van der Waals surface area contributed by atoms with E-state index in [1.54, 1.807) is 0 Å². The second kappa shape index (κ2) is 16.2. The van der Waals surface area contributed by atoms with Crippen LogP contribution in [0.5, 0.6) is 0 Å². The van der Waals surface area contributed by atoms with E-state index in [9.17, 15) is 9.90 Å². The fourth-order valence-electron chi connectivity index (χ4n) is 6.78. The molecule has 0 atom stereocenters. The van der Waals surface area contributed by atoms with Gasteiger partial charge in [0, 0.05) is 70.9 Å². The van der Waals surface area contributed by atoms with E-state index < -0.39 is 0 Å². The van der Waals surface area contributed by atoms with Crippen molar-refractivity contribution in [3.8, 4) is 33.5 Å². The molecule has 4 nitrogen and oxygen atoms in total. The molecular weight excluding hydrogens is 825 g/mol. The van der Waals surface area contributed by atoms with Crippen LogP contribution in [0.1, 0.15) is 77.7 Å². The monoisotopic (exact) mass is 872 g/mol. The van der Waals surface area contributed by atoms with Gasteiger partial charge in [0.25, 0.3) is 0 Å². The number of allylic oxidation sites excluding steroid dienone is 2. The predicted octanol–water partition coefficient (Wildman–Crippen LogP) is 12.4. The van der Waals surface area contributed by atoms with Crippen molar-refractivity contribution < 1.29 is 30.0 Å². The molecule has 1 N–H and O–H groups in total. The Kier molecular flexibility index (Phi) is 12.1. The summed E-state index contributed by atoms with van der Waals surface area (Å²) in [5.74, 6) is 0.286. The molecule has 0 bridgehead atoms. The molecule has 3 aromatic carbocycles. The van der Waals surface area contributed by atoms with E-state index in [1.807, 2.05) is 71.5 Å². The summed E-state index contributed by atoms with van der Waals surface area (Å²) < 4.78 is 1.29. The Morgan fingerprint density at radius 3 is 2.25 bits per heavy atom. The summed E-state index contributed by atoms with van der Waals surface area (Å²) in [5.41, 5.74) is 7.84. The van der Waals surface area contributed by atoms with E-state index >= 15 is 0 Å². The molecule has 6 heteroatoms. The van der Waals surface area contributed by atoms with Crippen LogP contribution in [0.3, 0.4) is 0 Å². The molecule has 0 saturated carbocycles. The number of benzene rings is 3. The zero-order chi connectivity index (χ0) is 35.5. The van der Waals surface area contributed by atoms with Crippen molar-refractivity contribution in [2.24, 2.45) is 10.8 Å². The maximum Gasteiger partial charge on any atom is 0.164 e. The number of aliphatic hydroxyl groups is 1. The number of hydrogen-bond donors (Lipinski definition) is 1. The second-order valence-electron chi connectivity index (χ2n) is 13.9. The third kappa shape index (κ3) is 7.51. The molecule has 0 unspecified atom stereocenters. The van der Waals surface area contributed by atoms with Gasteiger partial charge >= 0.3 is 0 Å². The molecule has 3 heterocycles. The molecule has 0 fully saturated rings. The quantitative estimate of drug-likeness (QED) is 0.0893. The van der Waals surface area contributed by atoms with Gasteiger partial charge in [-0.2, -0.15) is 0 Å². The zero-order valence-corrected chi connectivity index (χ0v) is 33.7. The number of rotatable bonds is 9. The van der Waals surface area contributed by atoms with Gasteiger partial charge in [-0.25, -0.2) is 0 Å². The molecule has 1 aliphatic carbocycles. The number of aryl methyl sites for hydroxylation is 2. The summed E-state index contributed by atoms with van der Waals surface area (Å²) in [7, 11) is 0. The molecule has 0 amide bonds. The number of hydrogen-bond acceptors (Lipinski definition) is 5. The SMILES string of the molecule is CCC(C)(CC)C(=O)/C=C(\O)C(C)(CC)CC.[Ir].[c-]1c(-c2nccc3sc4c(c23)-c2ccncc2CC4)cc(-c2ccccc2)c2ccccc12. The van der Waals surface area contributed by atoms with Gasteiger partial charge in [0.05, 0.1) is 0 Å². The average Bonchev–Trinajstić information content (AvgIpc) is 3.57. The minimum absolute atomic E-state index is 0. The maximum atomic E-state index is 12.2. The van der Waals surface area contributed by atoms with Crippen molar-refractivity contribution in [1.82, 2.24) is 9.97 Å². The van der Waals surface area contributed by atoms with Gasteiger partial charge in [-0.15, -0.1) is 34.9 Å². The Morgan fingerprint density at radius 1 is 0.863 bits per heavy atom. The van der Waals surface area contributed by atoms with Crippen molar-refractivity contribution >= 4 is 38.0 Å². The largest absolute Gasteiger partial charge is 0.512 e. The molecule has 0 saturated heterocycles. The van der Waals surface area contributed by atoms with E-state index in [0.29, 0.717) is 0 Å². The van der Waals surface area contributed by atoms with E-state index in [2.05, 4.69) is 83.8 Å². The predicted molar refractivity (Wildman–Crippen MR) is 211 cm³/mol. The molecule has 265 valence electrons. The van der Waals surface area contributed by atoms with Crippen LogP contribution in [-0.2, 0) is 37.7 Å². The first-order valence-corrected chi connectivity index (χ1v) is 18.8. The van der Waals surface area contributed by atoms with Crippen LogP contribution < -0.4 is 0 Å². The number of aromatic nitrogens is 2. The number of pyridine rings is 2. The van der Waals surface area contributed by atoms with Crippen molar-refractivity contribution in [1.29, 1.82) is 0 Å². The smallest absolute Gasteiger partial charge is 0.164 e. The summed E-state index contributed by atoms with van der Waals surface area (Å²) >= 11 is 1.90. The number of ketones is 1. The summed E-state index contributed by atoms with van der Waals surface area (Å²) in [6.45, 7) is 12.1. The molecule has 7 rings (SSSR count). The Balaban J connectivity index is 0.000000242. The van der Waals surface area contributed by atoms with Gasteiger partial charge in [0.1, 0.15) is 5.76 Å². The number of nitrogens with zero attached hydrogens (tertiary/aromatic N) is 2. The Morgan fingerprint density at radius 2 is 1.55 bits per heavy atom. The van der Waals surface area contributed by atoms with Gasteiger partial charge < -0.3 is 5.11 Å². The zero-order valence-electron chi connectivity index (χ0n) is 30.5. The van der Waals surface area contributed by atoms with Crippen molar-refractivity contribution in [2.75, 3.05) is 0 Å². The van der Waals surface area contributed by atoms with Crippen molar-refractivity contribution in [3.63, 3.8) is 0 Å². The van der Waals surface area contributed by atoms with Crippen molar-refractivity contribution in [3.05, 3.63) is 120 Å². The summed E-state index contributed by atoms with van der Waals surface area (Å²) in [6, 6.07) is 29.4. The summed E-state index contributed by atoms with van der Waals surface area (Å²) in [4.78, 5) is 22.9. The standard InChI is InChI=1S/C30H19N2S.C15H28O2.Ir/c1-2-6-19(7-3-1)25-17-22(16-20-8-4-5-9-23(20)25)30-29-27(13-15-32-30)33-26-11-10-21-18-31-14-12-24(21)28(26)29;1-7-14(5,8-2)12(16)11-13(17)15(6,9-3)10-4;/h1-9,12-15,17-18H,10-11H2;11,16H,7-10H2,1-6H3;/q-1;;/b;12-11-;. The molecule has 3 aromatic heterocycles. The fraction of sp³-hybridized carbons (Fsp3) is 0.311. The molecule has 6 aromatic rings. The first kappa shape index (κ1) is 38.3. The number of carbonyl (C=O) groups excluding carboxylic acids is 1. The van der Waals surface area contributed by atoms with E-state index in [0.717, 1.165) is 55.2 Å². The van der Waals surface area contributed by atoms with Crippen molar-refractivity contribution in [2.45, 2.75) is 80.1 Å². The van der Waals surface area contributed by atoms with Gasteiger partial charge in [0.2, 0.25) is 0 Å². The van der Waals surface area contributed by atoms with Crippen LogP contribution in [0.4, 0.5) is 0 Å². The normalized spacial score (nSPS) is 12.8. The van der Waals surface area contributed by atoms with Crippen LogP contribution in [0.15, 0.2) is 103 Å². The first-order valence-electron chi connectivity index (χ1n) is 18.0. The van der Waals surface area contributed by atoms with E-state index in [-0.39, 0.29) is 42.5 Å². The maximum absolute atomic E-state index is 12.2. The van der Waals surface area contributed by atoms with Gasteiger partial charge in [-0.3, -0.25) is 14.8 Å². The Bertz CT molecular complexity index is 2180. The van der Waals surface area contributed by atoms with Gasteiger partial charge in [-0.1, -0.05) is 107 Å². The number of fused-ring (bicyclic) bond motifs is 6. The van der Waals surface area contributed by atoms with Crippen LogP contribution in [0.25, 0.3) is 54.4 Å².